The van der Waals surface area contributed by atoms with Crippen LogP contribution in [0.1, 0.15) is 48.7 Å². The number of hydrogen-bond donors (Lipinski definition) is 1. The van der Waals surface area contributed by atoms with Crippen molar-refractivity contribution in [2.24, 2.45) is 0 Å². The fourth-order valence-electron chi connectivity index (χ4n) is 5.87. The van der Waals surface area contributed by atoms with E-state index in [1.54, 1.807) is 11.0 Å². The van der Waals surface area contributed by atoms with Crippen LogP contribution in [-0.2, 0) is 11.3 Å². The highest BCUT2D eigenvalue weighted by molar-refractivity contribution is 5.92. The van der Waals surface area contributed by atoms with E-state index in [1.807, 2.05) is 60.2 Å². The standard InChI is InChI=1S/C31H31N9O2/c1-20-21(15-32)6-4-8-24(20)26-14-25(30-31(35-26)40(19-33-30)29-10-2-3-13-42-29)27-18-39(37-36-27)16-22-7-5-9-28(34-22)38-12-11-23(41)17-38/h4-9,14,18-19,23,29,41H,2-3,10-13,16-17H2,1H3. The molecule has 2 unspecified atom stereocenters. The number of aliphatic hydroxyl groups excluding tert-OH is 1. The number of anilines is 1. The first kappa shape index (κ1) is 26.3. The van der Waals surface area contributed by atoms with E-state index in [2.05, 4.69) is 21.3 Å². The quantitative estimate of drug-likeness (QED) is 0.323. The number of rotatable bonds is 6. The third-order valence-corrected chi connectivity index (χ3v) is 8.14. The van der Waals surface area contributed by atoms with Crippen molar-refractivity contribution in [3.05, 3.63) is 71.8 Å². The number of ether oxygens (including phenoxy) is 1. The largest absolute Gasteiger partial charge is 0.391 e. The van der Waals surface area contributed by atoms with Crippen LogP contribution in [0.4, 0.5) is 5.82 Å². The van der Waals surface area contributed by atoms with E-state index < -0.39 is 0 Å². The average molecular weight is 562 g/mol. The third-order valence-electron chi connectivity index (χ3n) is 8.14. The minimum atomic E-state index is -0.310. The Balaban J connectivity index is 1.27. The van der Waals surface area contributed by atoms with E-state index in [1.165, 1.54) is 0 Å². The van der Waals surface area contributed by atoms with Crippen LogP contribution in [0.15, 0.2) is 55.0 Å². The van der Waals surface area contributed by atoms with Gasteiger partial charge in [-0.3, -0.25) is 4.57 Å². The first-order valence-electron chi connectivity index (χ1n) is 14.4. The summed E-state index contributed by atoms with van der Waals surface area (Å²) in [4.78, 5) is 16.7. The van der Waals surface area contributed by atoms with Gasteiger partial charge in [0.1, 0.15) is 23.3 Å². The molecule has 1 aromatic carbocycles. The van der Waals surface area contributed by atoms with Gasteiger partial charge in [-0.05, 0) is 62.4 Å². The Morgan fingerprint density at radius 3 is 2.79 bits per heavy atom. The molecule has 5 aromatic rings. The molecule has 2 fully saturated rings. The zero-order chi connectivity index (χ0) is 28.6. The predicted octanol–water partition coefficient (Wildman–Crippen LogP) is 4.25. The summed E-state index contributed by atoms with van der Waals surface area (Å²) in [6, 6.07) is 15.9. The van der Waals surface area contributed by atoms with Gasteiger partial charge in [-0.15, -0.1) is 5.10 Å². The van der Waals surface area contributed by atoms with Crippen LogP contribution < -0.4 is 4.90 Å². The van der Waals surface area contributed by atoms with Crippen molar-refractivity contribution in [2.45, 2.75) is 51.5 Å². The number of nitrogens with zero attached hydrogens (tertiary/aromatic N) is 9. The van der Waals surface area contributed by atoms with Gasteiger partial charge >= 0.3 is 0 Å². The molecule has 2 aliphatic heterocycles. The summed E-state index contributed by atoms with van der Waals surface area (Å²) in [5.41, 5.74) is 6.89. The van der Waals surface area contributed by atoms with Gasteiger partial charge in [0.15, 0.2) is 5.65 Å². The number of pyridine rings is 2. The molecule has 0 radical (unpaired) electrons. The maximum Gasteiger partial charge on any atom is 0.163 e. The lowest BCUT2D eigenvalue weighted by Crippen LogP contribution is -2.22. The zero-order valence-corrected chi connectivity index (χ0v) is 23.4. The number of benzene rings is 1. The van der Waals surface area contributed by atoms with E-state index in [4.69, 9.17) is 19.7 Å². The fraction of sp³-hybridized carbons (Fsp3) is 0.355. The topological polar surface area (TPSA) is 131 Å². The van der Waals surface area contributed by atoms with Gasteiger partial charge < -0.3 is 14.7 Å². The maximum absolute atomic E-state index is 9.94. The molecule has 7 rings (SSSR count). The second kappa shape index (κ2) is 11.0. The molecule has 2 saturated heterocycles. The normalized spacial score (nSPS) is 18.9. The summed E-state index contributed by atoms with van der Waals surface area (Å²) in [5.74, 6) is 0.857. The highest BCUT2D eigenvalue weighted by Crippen LogP contribution is 2.34. The molecule has 0 aliphatic carbocycles. The molecule has 212 valence electrons. The van der Waals surface area contributed by atoms with Gasteiger partial charge in [0, 0.05) is 30.8 Å². The Hall–Kier alpha value is -4.66. The Bertz CT molecular complexity index is 1800. The molecule has 4 aromatic heterocycles. The number of imidazole rings is 1. The Morgan fingerprint density at radius 2 is 1.98 bits per heavy atom. The van der Waals surface area contributed by atoms with Crippen LogP contribution >= 0.6 is 0 Å². The van der Waals surface area contributed by atoms with E-state index in [9.17, 15) is 10.4 Å². The second-order valence-electron chi connectivity index (χ2n) is 11.0. The first-order chi connectivity index (χ1) is 20.6. The molecule has 2 atom stereocenters. The van der Waals surface area contributed by atoms with Crippen molar-refractivity contribution < 1.29 is 9.84 Å². The van der Waals surface area contributed by atoms with Crippen LogP contribution in [-0.4, -0.2) is 65.4 Å². The number of hydrogen-bond acceptors (Lipinski definition) is 9. The molecule has 0 saturated carbocycles. The lowest BCUT2D eigenvalue weighted by atomic mass is 9.99. The van der Waals surface area contributed by atoms with E-state index >= 15 is 0 Å². The molecule has 42 heavy (non-hydrogen) atoms. The maximum atomic E-state index is 9.94. The van der Waals surface area contributed by atoms with Crippen molar-refractivity contribution in [1.29, 1.82) is 5.26 Å². The van der Waals surface area contributed by atoms with Gasteiger partial charge in [-0.25, -0.2) is 19.6 Å². The van der Waals surface area contributed by atoms with Gasteiger partial charge in [-0.2, -0.15) is 5.26 Å². The second-order valence-corrected chi connectivity index (χ2v) is 11.0. The van der Waals surface area contributed by atoms with Crippen LogP contribution in [0.2, 0.25) is 0 Å². The average Bonchev–Trinajstić information content (AvgIpc) is 3.77. The van der Waals surface area contributed by atoms with E-state index in [0.29, 0.717) is 36.6 Å². The van der Waals surface area contributed by atoms with Crippen molar-refractivity contribution in [3.8, 4) is 28.6 Å². The van der Waals surface area contributed by atoms with Gasteiger partial charge in [-0.1, -0.05) is 23.4 Å². The van der Waals surface area contributed by atoms with Crippen LogP contribution in [0.25, 0.3) is 33.7 Å². The fourth-order valence-corrected chi connectivity index (χ4v) is 5.87. The molecule has 1 N–H and O–H groups in total. The molecule has 6 heterocycles. The minimum absolute atomic E-state index is 0.128. The van der Waals surface area contributed by atoms with Crippen LogP contribution in [0.3, 0.4) is 0 Å². The summed E-state index contributed by atoms with van der Waals surface area (Å²) in [6.07, 6.45) is 7.05. The SMILES string of the molecule is Cc1c(C#N)cccc1-c1cc(-c2cn(Cc3cccc(N4CCC(O)C4)n3)nn2)c2ncn(C3CCCCO3)c2n1. The van der Waals surface area contributed by atoms with Crippen molar-refractivity contribution >= 4 is 17.0 Å². The lowest BCUT2D eigenvalue weighted by molar-refractivity contribution is -0.0298. The minimum Gasteiger partial charge on any atom is -0.391 e. The summed E-state index contributed by atoms with van der Waals surface area (Å²) >= 11 is 0. The first-order valence-corrected chi connectivity index (χ1v) is 14.4. The highest BCUT2D eigenvalue weighted by atomic mass is 16.5. The summed E-state index contributed by atoms with van der Waals surface area (Å²) in [7, 11) is 0. The molecular formula is C31H31N9O2. The van der Waals surface area contributed by atoms with Crippen LogP contribution in [0, 0.1) is 18.3 Å². The van der Waals surface area contributed by atoms with Crippen molar-refractivity contribution in [3.63, 3.8) is 0 Å². The Labute approximate surface area is 243 Å². The Morgan fingerprint density at radius 1 is 1.07 bits per heavy atom. The molecule has 11 heteroatoms. The number of nitriles is 1. The number of β-amino-alcohol motifs (C(OH)–C–C–N with tert-alkyl or cyclic N) is 1. The van der Waals surface area contributed by atoms with Gasteiger partial charge in [0.25, 0.3) is 0 Å². The van der Waals surface area contributed by atoms with E-state index in [-0.39, 0.29) is 12.3 Å². The lowest BCUT2D eigenvalue weighted by Gasteiger charge is -2.24. The Kier molecular flexibility index (Phi) is 6.85. The van der Waals surface area contributed by atoms with Gasteiger partial charge in [0.2, 0.25) is 0 Å². The molecular weight excluding hydrogens is 530 g/mol. The summed E-state index contributed by atoms with van der Waals surface area (Å²) < 4.78 is 9.88. The highest BCUT2D eigenvalue weighted by Gasteiger charge is 2.24. The number of fused-ring (bicyclic) bond motifs is 1. The third kappa shape index (κ3) is 4.89. The van der Waals surface area contributed by atoms with Crippen LogP contribution in [0.5, 0.6) is 0 Å². The number of aromatic nitrogens is 7. The van der Waals surface area contributed by atoms with Crippen molar-refractivity contribution in [2.75, 3.05) is 24.6 Å². The number of aliphatic hydroxyl groups is 1. The molecule has 11 nitrogen and oxygen atoms in total. The van der Waals surface area contributed by atoms with Crippen molar-refractivity contribution in [1.82, 2.24) is 34.5 Å². The zero-order valence-electron chi connectivity index (χ0n) is 23.4. The smallest absolute Gasteiger partial charge is 0.163 e. The van der Waals surface area contributed by atoms with Gasteiger partial charge in [0.05, 0.1) is 48.2 Å². The monoisotopic (exact) mass is 561 g/mol. The summed E-state index contributed by atoms with van der Waals surface area (Å²) in [6.45, 7) is 4.50. The molecule has 0 bridgehead atoms. The predicted molar refractivity (Wildman–Crippen MR) is 156 cm³/mol. The molecule has 2 aliphatic rings. The molecule has 0 spiro atoms. The van der Waals surface area contributed by atoms with E-state index in [0.717, 1.165) is 71.6 Å². The summed E-state index contributed by atoms with van der Waals surface area (Å²) in [5, 5.41) is 28.5. The molecule has 0 amide bonds.